The fourth-order valence-electron chi connectivity index (χ4n) is 2.11. The van der Waals surface area contributed by atoms with E-state index >= 15 is 0 Å². The van der Waals surface area contributed by atoms with E-state index in [9.17, 15) is 4.79 Å². The molecule has 0 aromatic carbocycles. The van der Waals surface area contributed by atoms with Gasteiger partial charge in [0.05, 0.1) is 7.05 Å². The summed E-state index contributed by atoms with van der Waals surface area (Å²) in [4.78, 5) is 15.1. The average Bonchev–Trinajstić information content (AvgIpc) is 2.74. The highest BCUT2D eigenvalue weighted by Gasteiger charge is 2.29. The highest BCUT2D eigenvalue weighted by Crippen LogP contribution is 2.25. The first-order valence-corrected chi connectivity index (χ1v) is 6.57. The van der Waals surface area contributed by atoms with Crippen LogP contribution < -0.4 is 0 Å². The van der Waals surface area contributed by atoms with Crippen LogP contribution in [0.25, 0.3) is 0 Å². The van der Waals surface area contributed by atoms with E-state index in [1.54, 1.807) is 11.9 Å². The summed E-state index contributed by atoms with van der Waals surface area (Å²) >= 11 is 0. The van der Waals surface area contributed by atoms with Crippen LogP contribution in [0.3, 0.4) is 0 Å². The standard InChI is InChI=1S/C12H21N5O2/c1-12(2,3)19-11(18)17-7-5-9(6-8-17)10-13-15-16(4)14-10/h9H,5-8H2,1-4H3. The topological polar surface area (TPSA) is 73.1 Å². The van der Waals surface area contributed by atoms with Gasteiger partial charge in [-0.2, -0.15) is 4.80 Å². The monoisotopic (exact) mass is 267 g/mol. The number of piperidine rings is 1. The van der Waals surface area contributed by atoms with E-state index in [1.807, 2.05) is 20.8 Å². The Morgan fingerprint density at radius 3 is 2.42 bits per heavy atom. The van der Waals surface area contributed by atoms with Crippen molar-refractivity contribution < 1.29 is 9.53 Å². The first-order chi connectivity index (χ1) is 8.85. The third kappa shape index (κ3) is 3.65. The van der Waals surface area contributed by atoms with Crippen LogP contribution in [0.4, 0.5) is 4.79 Å². The molecule has 0 bridgehead atoms. The number of aryl methyl sites for hydroxylation is 1. The molecular weight excluding hydrogens is 246 g/mol. The molecule has 0 spiro atoms. The Balaban J connectivity index is 1.87. The fraction of sp³-hybridized carbons (Fsp3) is 0.833. The lowest BCUT2D eigenvalue weighted by atomic mass is 9.96. The molecule has 1 saturated heterocycles. The third-order valence-electron chi connectivity index (χ3n) is 3.04. The minimum atomic E-state index is -0.444. The van der Waals surface area contributed by atoms with Crippen molar-refractivity contribution in [1.29, 1.82) is 0 Å². The molecule has 2 rings (SSSR count). The zero-order chi connectivity index (χ0) is 14.0. The molecule has 1 aliphatic rings. The summed E-state index contributed by atoms with van der Waals surface area (Å²) in [6, 6.07) is 0. The number of nitrogens with zero attached hydrogens (tertiary/aromatic N) is 5. The predicted molar refractivity (Wildman–Crippen MR) is 68.6 cm³/mol. The molecule has 2 heterocycles. The summed E-state index contributed by atoms with van der Waals surface area (Å²) < 4.78 is 5.36. The number of rotatable bonds is 1. The molecule has 7 heteroatoms. The molecule has 0 unspecified atom stereocenters. The molecule has 1 aromatic heterocycles. The smallest absolute Gasteiger partial charge is 0.410 e. The molecule has 0 atom stereocenters. The second-order valence-electron chi connectivity index (χ2n) is 5.88. The Morgan fingerprint density at radius 1 is 1.32 bits per heavy atom. The first kappa shape index (κ1) is 13.8. The molecule has 1 aromatic rings. The molecule has 19 heavy (non-hydrogen) atoms. The van der Waals surface area contributed by atoms with Gasteiger partial charge in [0.1, 0.15) is 5.60 Å². The van der Waals surface area contributed by atoms with Crippen LogP contribution in [-0.2, 0) is 11.8 Å². The minimum absolute atomic E-state index is 0.238. The number of carbonyl (C=O) groups excluding carboxylic acids is 1. The molecule has 0 N–H and O–H groups in total. The number of hydrogen-bond donors (Lipinski definition) is 0. The van der Waals surface area contributed by atoms with Gasteiger partial charge >= 0.3 is 6.09 Å². The van der Waals surface area contributed by atoms with Gasteiger partial charge in [0.2, 0.25) is 0 Å². The molecular formula is C12H21N5O2. The van der Waals surface area contributed by atoms with Crippen molar-refractivity contribution in [2.75, 3.05) is 13.1 Å². The van der Waals surface area contributed by atoms with Gasteiger partial charge < -0.3 is 9.64 Å². The van der Waals surface area contributed by atoms with Crippen LogP contribution in [0.1, 0.15) is 45.4 Å². The van der Waals surface area contributed by atoms with Crippen LogP contribution in [0, 0.1) is 0 Å². The summed E-state index contributed by atoms with van der Waals surface area (Å²) in [5.41, 5.74) is -0.444. The molecule has 0 aliphatic carbocycles. The largest absolute Gasteiger partial charge is 0.444 e. The molecule has 1 aliphatic heterocycles. The maximum Gasteiger partial charge on any atom is 0.410 e. The molecule has 7 nitrogen and oxygen atoms in total. The maximum absolute atomic E-state index is 11.9. The second kappa shape index (κ2) is 5.14. The lowest BCUT2D eigenvalue weighted by molar-refractivity contribution is 0.0203. The van der Waals surface area contributed by atoms with Crippen molar-refractivity contribution >= 4 is 6.09 Å². The van der Waals surface area contributed by atoms with Crippen LogP contribution in [0.15, 0.2) is 0 Å². The summed E-state index contributed by atoms with van der Waals surface area (Å²) in [5.74, 6) is 1.05. The van der Waals surface area contributed by atoms with Crippen LogP contribution in [0.2, 0.25) is 0 Å². The number of hydrogen-bond acceptors (Lipinski definition) is 5. The van der Waals surface area contributed by atoms with Crippen molar-refractivity contribution in [3.05, 3.63) is 5.82 Å². The summed E-state index contributed by atoms with van der Waals surface area (Å²) in [6.45, 7) is 6.99. The summed E-state index contributed by atoms with van der Waals surface area (Å²) in [6.07, 6.45) is 1.47. The predicted octanol–water partition coefficient (Wildman–Crippen LogP) is 1.32. The Bertz CT molecular complexity index is 443. The van der Waals surface area contributed by atoms with E-state index in [2.05, 4.69) is 15.4 Å². The van der Waals surface area contributed by atoms with Crippen molar-refractivity contribution in [2.45, 2.75) is 45.1 Å². The minimum Gasteiger partial charge on any atom is -0.444 e. The van der Waals surface area contributed by atoms with Gasteiger partial charge in [-0.05, 0) is 38.8 Å². The Morgan fingerprint density at radius 2 is 1.95 bits per heavy atom. The van der Waals surface area contributed by atoms with Crippen molar-refractivity contribution in [1.82, 2.24) is 25.1 Å². The number of likely N-dealkylation sites (tertiary alicyclic amines) is 1. The number of ether oxygens (including phenoxy) is 1. The zero-order valence-electron chi connectivity index (χ0n) is 12.0. The van der Waals surface area contributed by atoms with E-state index in [0.29, 0.717) is 13.1 Å². The number of aromatic nitrogens is 4. The highest BCUT2D eigenvalue weighted by atomic mass is 16.6. The van der Waals surface area contributed by atoms with Gasteiger partial charge in [-0.3, -0.25) is 0 Å². The SMILES string of the molecule is Cn1nnc(C2CCN(C(=O)OC(C)(C)C)CC2)n1. The van der Waals surface area contributed by atoms with Crippen LogP contribution in [-0.4, -0.2) is 49.9 Å². The second-order valence-corrected chi connectivity index (χ2v) is 5.88. The van der Waals surface area contributed by atoms with Gasteiger partial charge in [0.15, 0.2) is 5.82 Å². The number of carbonyl (C=O) groups is 1. The van der Waals surface area contributed by atoms with Gasteiger partial charge in [0.25, 0.3) is 0 Å². The first-order valence-electron chi connectivity index (χ1n) is 6.57. The Hall–Kier alpha value is -1.66. The van der Waals surface area contributed by atoms with E-state index in [-0.39, 0.29) is 12.0 Å². The van der Waals surface area contributed by atoms with Gasteiger partial charge in [-0.1, -0.05) is 0 Å². The molecule has 1 fully saturated rings. The maximum atomic E-state index is 11.9. The summed E-state index contributed by atoms with van der Waals surface area (Å²) in [5, 5.41) is 12.1. The fourth-order valence-corrected chi connectivity index (χ4v) is 2.11. The van der Waals surface area contributed by atoms with Gasteiger partial charge in [-0.15, -0.1) is 10.2 Å². The molecule has 1 amide bonds. The van der Waals surface area contributed by atoms with Crippen molar-refractivity contribution in [3.8, 4) is 0 Å². The Labute approximate surface area is 112 Å². The highest BCUT2D eigenvalue weighted by molar-refractivity contribution is 5.68. The quantitative estimate of drug-likeness (QED) is 0.767. The number of amides is 1. The number of tetrazole rings is 1. The van der Waals surface area contributed by atoms with Crippen molar-refractivity contribution in [3.63, 3.8) is 0 Å². The third-order valence-corrected chi connectivity index (χ3v) is 3.04. The van der Waals surface area contributed by atoms with Gasteiger partial charge in [-0.25, -0.2) is 4.79 Å². The Kier molecular flexibility index (Phi) is 3.73. The van der Waals surface area contributed by atoms with Crippen molar-refractivity contribution in [2.24, 2.45) is 7.05 Å². The lowest BCUT2D eigenvalue weighted by Crippen LogP contribution is -2.41. The normalized spacial score (nSPS) is 17.6. The molecule has 0 radical (unpaired) electrons. The molecule has 0 saturated carbocycles. The van der Waals surface area contributed by atoms with E-state index in [0.717, 1.165) is 18.7 Å². The molecule has 106 valence electrons. The van der Waals surface area contributed by atoms with Gasteiger partial charge in [0, 0.05) is 19.0 Å². The lowest BCUT2D eigenvalue weighted by Gasteiger charge is -2.32. The van der Waals surface area contributed by atoms with E-state index < -0.39 is 5.60 Å². The van der Waals surface area contributed by atoms with E-state index in [4.69, 9.17) is 4.74 Å². The van der Waals surface area contributed by atoms with Crippen LogP contribution >= 0.6 is 0 Å². The zero-order valence-corrected chi connectivity index (χ0v) is 12.0. The summed E-state index contributed by atoms with van der Waals surface area (Å²) in [7, 11) is 1.76. The van der Waals surface area contributed by atoms with Crippen LogP contribution in [0.5, 0.6) is 0 Å². The van der Waals surface area contributed by atoms with E-state index in [1.165, 1.54) is 4.80 Å². The average molecular weight is 267 g/mol.